The topological polar surface area (TPSA) is 66.9 Å². The van der Waals surface area contributed by atoms with Crippen molar-refractivity contribution in [2.24, 2.45) is 0 Å². The summed E-state index contributed by atoms with van der Waals surface area (Å²) < 4.78 is 0. The first-order valence-electron chi connectivity index (χ1n) is 5.57. The fraction of sp³-hybridized carbons (Fsp3) is 0.545. The van der Waals surface area contributed by atoms with Crippen molar-refractivity contribution in [1.29, 1.82) is 0 Å². The van der Waals surface area contributed by atoms with Gasteiger partial charge in [0.25, 0.3) is 0 Å². The van der Waals surface area contributed by atoms with Crippen LogP contribution in [-0.2, 0) is 4.79 Å². The highest BCUT2D eigenvalue weighted by atomic mass is 16.1. The second kappa shape index (κ2) is 4.92. The molecule has 0 bridgehead atoms. The standard InChI is InChI=1S/C11H16N4O/c1-8-12-6-4-10(14-8)13-7-5-11(16)15-9-2-3-9/h4,6,9H,2-3,5,7H2,1H3,(H,15,16)(H,12,13,14). The summed E-state index contributed by atoms with van der Waals surface area (Å²) in [6, 6.07) is 2.24. The highest BCUT2D eigenvalue weighted by molar-refractivity contribution is 5.77. The molecule has 0 spiro atoms. The van der Waals surface area contributed by atoms with E-state index < -0.39 is 0 Å². The summed E-state index contributed by atoms with van der Waals surface area (Å²) in [4.78, 5) is 19.6. The van der Waals surface area contributed by atoms with Gasteiger partial charge in [0.1, 0.15) is 11.6 Å². The average molecular weight is 220 g/mol. The summed E-state index contributed by atoms with van der Waals surface area (Å²) in [7, 11) is 0. The van der Waals surface area contributed by atoms with Gasteiger partial charge in [-0.2, -0.15) is 0 Å². The fourth-order valence-electron chi connectivity index (χ4n) is 1.39. The third-order valence-corrected chi connectivity index (χ3v) is 2.38. The Morgan fingerprint density at radius 1 is 1.56 bits per heavy atom. The SMILES string of the molecule is Cc1nccc(NCCC(=O)NC2CC2)n1. The van der Waals surface area contributed by atoms with Crippen LogP contribution in [0.1, 0.15) is 25.1 Å². The van der Waals surface area contributed by atoms with Crippen molar-refractivity contribution in [3.63, 3.8) is 0 Å². The van der Waals surface area contributed by atoms with Crippen LogP contribution in [0.15, 0.2) is 12.3 Å². The molecule has 16 heavy (non-hydrogen) atoms. The third-order valence-electron chi connectivity index (χ3n) is 2.38. The zero-order chi connectivity index (χ0) is 11.4. The van der Waals surface area contributed by atoms with Gasteiger partial charge in [-0.1, -0.05) is 0 Å². The minimum absolute atomic E-state index is 0.112. The van der Waals surface area contributed by atoms with Crippen molar-refractivity contribution in [2.75, 3.05) is 11.9 Å². The maximum Gasteiger partial charge on any atom is 0.221 e. The van der Waals surface area contributed by atoms with E-state index in [1.807, 2.05) is 6.92 Å². The van der Waals surface area contributed by atoms with Crippen LogP contribution in [0.3, 0.4) is 0 Å². The number of nitrogens with zero attached hydrogens (tertiary/aromatic N) is 2. The number of amides is 1. The molecule has 0 atom stereocenters. The predicted molar refractivity (Wildman–Crippen MR) is 61.0 cm³/mol. The maximum absolute atomic E-state index is 11.4. The Morgan fingerprint density at radius 2 is 2.38 bits per heavy atom. The largest absolute Gasteiger partial charge is 0.369 e. The van der Waals surface area contributed by atoms with E-state index in [-0.39, 0.29) is 5.91 Å². The molecule has 5 nitrogen and oxygen atoms in total. The van der Waals surface area contributed by atoms with Gasteiger partial charge in [-0.3, -0.25) is 4.79 Å². The molecular formula is C11H16N4O. The van der Waals surface area contributed by atoms with Crippen LogP contribution in [0, 0.1) is 6.92 Å². The lowest BCUT2D eigenvalue weighted by Gasteiger charge is -2.06. The zero-order valence-corrected chi connectivity index (χ0v) is 9.36. The first-order valence-corrected chi connectivity index (χ1v) is 5.57. The van der Waals surface area contributed by atoms with E-state index in [4.69, 9.17) is 0 Å². The average Bonchev–Trinajstić information content (AvgIpc) is 3.02. The Balaban J connectivity index is 1.68. The number of hydrogen-bond acceptors (Lipinski definition) is 4. The lowest BCUT2D eigenvalue weighted by molar-refractivity contribution is -0.120. The molecule has 1 aliphatic rings. The summed E-state index contributed by atoms with van der Waals surface area (Å²) >= 11 is 0. The van der Waals surface area contributed by atoms with Crippen molar-refractivity contribution in [3.8, 4) is 0 Å². The van der Waals surface area contributed by atoms with Gasteiger partial charge >= 0.3 is 0 Å². The maximum atomic E-state index is 11.4. The molecule has 0 aromatic carbocycles. The monoisotopic (exact) mass is 220 g/mol. The number of aryl methyl sites for hydroxylation is 1. The van der Waals surface area contributed by atoms with Crippen LogP contribution < -0.4 is 10.6 Å². The molecule has 1 aliphatic carbocycles. The molecule has 1 fully saturated rings. The molecular weight excluding hydrogens is 204 g/mol. The Kier molecular flexibility index (Phi) is 3.34. The predicted octanol–water partition coefficient (Wildman–Crippen LogP) is 0.866. The molecule has 0 radical (unpaired) electrons. The molecule has 2 N–H and O–H groups in total. The molecule has 1 amide bonds. The summed E-state index contributed by atoms with van der Waals surface area (Å²) in [6.07, 6.45) is 4.45. The van der Waals surface area contributed by atoms with Crippen molar-refractivity contribution in [1.82, 2.24) is 15.3 Å². The summed E-state index contributed by atoms with van der Waals surface area (Å²) in [5.41, 5.74) is 0. The molecule has 1 saturated carbocycles. The Morgan fingerprint density at radius 3 is 3.06 bits per heavy atom. The van der Waals surface area contributed by atoms with E-state index in [1.54, 1.807) is 12.3 Å². The van der Waals surface area contributed by atoms with Gasteiger partial charge in [-0.25, -0.2) is 9.97 Å². The Hall–Kier alpha value is -1.65. The zero-order valence-electron chi connectivity index (χ0n) is 9.36. The lowest BCUT2D eigenvalue weighted by Crippen LogP contribution is -2.27. The number of nitrogens with one attached hydrogen (secondary N) is 2. The van der Waals surface area contributed by atoms with Crippen LogP contribution in [-0.4, -0.2) is 28.5 Å². The Labute approximate surface area is 94.7 Å². The van der Waals surface area contributed by atoms with Crippen molar-refractivity contribution in [2.45, 2.75) is 32.2 Å². The number of aromatic nitrogens is 2. The lowest BCUT2D eigenvalue weighted by atomic mass is 10.4. The minimum Gasteiger partial charge on any atom is -0.369 e. The molecule has 86 valence electrons. The molecule has 1 aromatic rings. The number of carbonyl (C=O) groups excluding carboxylic acids is 1. The number of hydrogen-bond donors (Lipinski definition) is 2. The third kappa shape index (κ3) is 3.49. The number of rotatable bonds is 5. The smallest absolute Gasteiger partial charge is 0.221 e. The summed E-state index contributed by atoms with van der Waals surface area (Å²) in [6.45, 7) is 2.44. The fourth-order valence-corrected chi connectivity index (χ4v) is 1.39. The second-order valence-corrected chi connectivity index (χ2v) is 4.01. The molecule has 0 saturated heterocycles. The van der Waals surface area contributed by atoms with Crippen molar-refractivity contribution < 1.29 is 4.79 Å². The van der Waals surface area contributed by atoms with E-state index in [0.717, 1.165) is 24.5 Å². The van der Waals surface area contributed by atoms with E-state index in [9.17, 15) is 4.79 Å². The highest BCUT2D eigenvalue weighted by Crippen LogP contribution is 2.18. The normalized spacial score (nSPS) is 14.6. The highest BCUT2D eigenvalue weighted by Gasteiger charge is 2.22. The first kappa shape index (κ1) is 10.9. The van der Waals surface area contributed by atoms with E-state index in [2.05, 4.69) is 20.6 Å². The minimum atomic E-state index is 0.112. The molecule has 1 heterocycles. The Bertz CT molecular complexity index is 376. The van der Waals surface area contributed by atoms with Crippen LogP contribution >= 0.6 is 0 Å². The van der Waals surface area contributed by atoms with Crippen LogP contribution in [0.4, 0.5) is 5.82 Å². The molecule has 1 aromatic heterocycles. The molecule has 5 heteroatoms. The van der Waals surface area contributed by atoms with Crippen LogP contribution in [0.2, 0.25) is 0 Å². The van der Waals surface area contributed by atoms with Crippen molar-refractivity contribution >= 4 is 11.7 Å². The van der Waals surface area contributed by atoms with Gasteiger partial charge < -0.3 is 10.6 Å². The van der Waals surface area contributed by atoms with Crippen molar-refractivity contribution in [3.05, 3.63) is 18.1 Å². The van der Waals surface area contributed by atoms with Gasteiger partial charge in [0.15, 0.2) is 0 Å². The quantitative estimate of drug-likeness (QED) is 0.772. The van der Waals surface area contributed by atoms with Gasteiger partial charge in [-0.05, 0) is 25.8 Å². The second-order valence-electron chi connectivity index (χ2n) is 4.01. The number of anilines is 1. The van der Waals surface area contributed by atoms with Gasteiger partial charge in [0, 0.05) is 25.2 Å². The van der Waals surface area contributed by atoms with E-state index in [1.165, 1.54) is 0 Å². The van der Waals surface area contributed by atoms with E-state index >= 15 is 0 Å². The molecule has 2 rings (SSSR count). The number of carbonyl (C=O) groups is 1. The molecule has 0 unspecified atom stereocenters. The van der Waals surface area contributed by atoms with Crippen LogP contribution in [0.25, 0.3) is 0 Å². The summed E-state index contributed by atoms with van der Waals surface area (Å²) in [5.74, 6) is 1.61. The molecule has 0 aliphatic heterocycles. The summed E-state index contributed by atoms with van der Waals surface area (Å²) in [5, 5.41) is 6.04. The first-order chi connectivity index (χ1) is 7.74. The van der Waals surface area contributed by atoms with Gasteiger partial charge in [0.2, 0.25) is 5.91 Å². The van der Waals surface area contributed by atoms with E-state index in [0.29, 0.717) is 19.0 Å². The van der Waals surface area contributed by atoms with Gasteiger partial charge in [0.05, 0.1) is 0 Å². The van der Waals surface area contributed by atoms with Crippen LogP contribution in [0.5, 0.6) is 0 Å². The van der Waals surface area contributed by atoms with Gasteiger partial charge in [-0.15, -0.1) is 0 Å².